The molecular formula is C16H21N3O2. The van der Waals surface area contributed by atoms with E-state index in [1.807, 2.05) is 38.2 Å². The molecule has 1 aromatic heterocycles. The van der Waals surface area contributed by atoms with E-state index in [2.05, 4.69) is 10.3 Å². The monoisotopic (exact) mass is 287 g/mol. The van der Waals surface area contributed by atoms with Crippen molar-refractivity contribution in [1.82, 2.24) is 15.2 Å². The molecule has 2 N–H and O–H groups in total. The first-order chi connectivity index (χ1) is 9.97. The van der Waals surface area contributed by atoms with Crippen LogP contribution in [0.15, 0.2) is 30.5 Å². The van der Waals surface area contributed by atoms with Gasteiger partial charge in [-0.3, -0.25) is 9.59 Å². The van der Waals surface area contributed by atoms with Gasteiger partial charge in [0.05, 0.1) is 6.54 Å². The predicted molar refractivity (Wildman–Crippen MR) is 83.1 cm³/mol. The van der Waals surface area contributed by atoms with E-state index >= 15 is 0 Å². The minimum Gasteiger partial charge on any atom is -0.361 e. The zero-order valence-electron chi connectivity index (χ0n) is 12.6. The van der Waals surface area contributed by atoms with E-state index in [0.717, 1.165) is 10.9 Å². The van der Waals surface area contributed by atoms with Gasteiger partial charge in [0.15, 0.2) is 0 Å². The van der Waals surface area contributed by atoms with E-state index in [0.29, 0.717) is 18.0 Å². The summed E-state index contributed by atoms with van der Waals surface area (Å²) < 4.78 is 0. The molecule has 0 aliphatic heterocycles. The maximum atomic E-state index is 12.3. The molecule has 0 fully saturated rings. The number of amides is 2. The Morgan fingerprint density at radius 3 is 2.76 bits per heavy atom. The number of hydrogen-bond donors (Lipinski definition) is 2. The van der Waals surface area contributed by atoms with Crippen LogP contribution >= 0.6 is 0 Å². The Morgan fingerprint density at radius 2 is 2.05 bits per heavy atom. The molecule has 0 bridgehead atoms. The van der Waals surface area contributed by atoms with Crippen LogP contribution in [0, 0.1) is 5.92 Å². The quantitative estimate of drug-likeness (QED) is 0.883. The molecular weight excluding hydrogens is 266 g/mol. The highest BCUT2D eigenvalue weighted by atomic mass is 16.2. The minimum atomic E-state index is -0.155. The van der Waals surface area contributed by atoms with Crippen molar-refractivity contribution >= 4 is 22.7 Å². The molecule has 0 unspecified atom stereocenters. The number of hydrogen-bond acceptors (Lipinski definition) is 2. The third-order valence-corrected chi connectivity index (χ3v) is 3.24. The average Bonchev–Trinajstić information content (AvgIpc) is 2.91. The predicted octanol–water partition coefficient (Wildman–Crippen LogP) is 2.01. The Balaban J connectivity index is 1.99. The molecule has 2 aromatic rings. The Hall–Kier alpha value is -2.30. The van der Waals surface area contributed by atoms with Crippen LogP contribution in [-0.4, -0.2) is 41.8 Å². The Bertz CT molecular complexity index is 646. The van der Waals surface area contributed by atoms with Gasteiger partial charge >= 0.3 is 0 Å². The van der Waals surface area contributed by atoms with Crippen molar-refractivity contribution in [3.8, 4) is 0 Å². The van der Waals surface area contributed by atoms with Gasteiger partial charge in [-0.1, -0.05) is 13.8 Å². The molecule has 0 radical (unpaired) electrons. The number of aromatic nitrogens is 1. The summed E-state index contributed by atoms with van der Waals surface area (Å²) in [5.74, 6) is 0.103. The number of carbonyl (C=O) groups is 2. The Morgan fingerprint density at radius 1 is 1.29 bits per heavy atom. The highest BCUT2D eigenvalue weighted by Crippen LogP contribution is 2.15. The van der Waals surface area contributed by atoms with Crippen molar-refractivity contribution in [1.29, 1.82) is 0 Å². The highest BCUT2D eigenvalue weighted by molar-refractivity contribution is 5.99. The number of aromatic amines is 1. The summed E-state index contributed by atoms with van der Waals surface area (Å²) in [4.78, 5) is 28.6. The van der Waals surface area contributed by atoms with Gasteiger partial charge in [-0.25, -0.2) is 0 Å². The van der Waals surface area contributed by atoms with E-state index in [1.54, 1.807) is 13.1 Å². The fraction of sp³-hybridized carbons (Fsp3) is 0.375. The third-order valence-electron chi connectivity index (χ3n) is 3.24. The molecule has 5 nitrogen and oxygen atoms in total. The van der Waals surface area contributed by atoms with Gasteiger partial charge in [0.1, 0.15) is 0 Å². The maximum absolute atomic E-state index is 12.3. The van der Waals surface area contributed by atoms with Gasteiger partial charge in [0.2, 0.25) is 5.91 Å². The molecule has 1 heterocycles. The molecule has 0 aliphatic rings. The molecule has 0 spiro atoms. The molecule has 2 amide bonds. The highest BCUT2D eigenvalue weighted by Gasteiger charge is 2.15. The summed E-state index contributed by atoms with van der Waals surface area (Å²) in [5, 5.41) is 3.79. The van der Waals surface area contributed by atoms with Crippen LogP contribution in [-0.2, 0) is 4.79 Å². The van der Waals surface area contributed by atoms with Gasteiger partial charge in [-0.05, 0) is 30.2 Å². The fourth-order valence-corrected chi connectivity index (χ4v) is 2.07. The summed E-state index contributed by atoms with van der Waals surface area (Å²) in [5.41, 5.74) is 1.57. The van der Waals surface area contributed by atoms with Crippen molar-refractivity contribution in [3.05, 3.63) is 36.0 Å². The minimum absolute atomic E-state index is 0.0662. The molecule has 0 saturated carbocycles. The van der Waals surface area contributed by atoms with Gasteiger partial charge in [-0.2, -0.15) is 0 Å². The number of H-pyrrole nitrogens is 1. The lowest BCUT2D eigenvalue weighted by Crippen LogP contribution is -2.39. The van der Waals surface area contributed by atoms with Crippen LogP contribution in [0.4, 0.5) is 0 Å². The molecule has 112 valence electrons. The summed E-state index contributed by atoms with van der Waals surface area (Å²) >= 11 is 0. The van der Waals surface area contributed by atoms with Crippen LogP contribution in [0.3, 0.4) is 0 Å². The summed E-state index contributed by atoms with van der Waals surface area (Å²) in [6.45, 7) is 4.75. The van der Waals surface area contributed by atoms with Crippen LogP contribution in [0.25, 0.3) is 10.9 Å². The largest absolute Gasteiger partial charge is 0.361 e. The number of fused-ring (bicyclic) bond motifs is 1. The van der Waals surface area contributed by atoms with E-state index in [-0.39, 0.29) is 18.4 Å². The maximum Gasteiger partial charge on any atom is 0.254 e. The number of rotatable bonds is 5. The van der Waals surface area contributed by atoms with Crippen molar-refractivity contribution in [2.75, 3.05) is 20.1 Å². The van der Waals surface area contributed by atoms with Crippen LogP contribution in [0.2, 0.25) is 0 Å². The molecule has 21 heavy (non-hydrogen) atoms. The number of benzene rings is 1. The van der Waals surface area contributed by atoms with Gasteiger partial charge in [0, 0.05) is 36.3 Å². The molecule has 1 aromatic carbocycles. The van der Waals surface area contributed by atoms with Gasteiger partial charge in [0.25, 0.3) is 5.91 Å². The average molecular weight is 287 g/mol. The lowest BCUT2D eigenvalue weighted by molar-refractivity contribution is -0.121. The third kappa shape index (κ3) is 3.84. The number of carbonyl (C=O) groups excluding carboxylic acids is 2. The molecule has 5 heteroatoms. The van der Waals surface area contributed by atoms with Crippen molar-refractivity contribution in [2.45, 2.75) is 13.8 Å². The van der Waals surface area contributed by atoms with E-state index < -0.39 is 0 Å². The van der Waals surface area contributed by atoms with Crippen molar-refractivity contribution < 1.29 is 9.59 Å². The summed E-state index contributed by atoms with van der Waals surface area (Å²) in [6, 6.07) is 7.39. The lowest BCUT2D eigenvalue weighted by Gasteiger charge is -2.17. The zero-order valence-corrected chi connectivity index (χ0v) is 12.6. The van der Waals surface area contributed by atoms with E-state index in [1.165, 1.54) is 4.90 Å². The Kier molecular flexibility index (Phi) is 4.62. The van der Waals surface area contributed by atoms with E-state index in [9.17, 15) is 9.59 Å². The number of nitrogens with zero attached hydrogens (tertiary/aromatic N) is 1. The second-order valence-corrected chi connectivity index (χ2v) is 5.64. The van der Waals surface area contributed by atoms with Crippen LogP contribution < -0.4 is 5.32 Å². The first-order valence-electron chi connectivity index (χ1n) is 7.06. The van der Waals surface area contributed by atoms with Crippen molar-refractivity contribution in [2.24, 2.45) is 5.92 Å². The Labute approximate surface area is 124 Å². The van der Waals surface area contributed by atoms with Crippen LogP contribution in [0.1, 0.15) is 24.2 Å². The summed E-state index contributed by atoms with van der Waals surface area (Å²) in [6.07, 6.45) is 1.84. The second-order valence-electron chi connectivity index (χ2n) is 5.64. The van der Waals surface area contributed by atoms with E-state index in [4.69, 9.17) is 0 Å². The van der Waals surface area contributed by atoms with Crippen molar-refractivity contribution in [3.63, 3.8) is 0 Å². The standard InChI is InChI=1S/C16H21N3O2/c1-11(2)9-18-15(20)10-19(3)16(21)13-4-5-14-12(8-13)6-7-17-14/h4-8,11,17H,9-10H2,1-3H3,(H,18,20). The smallest absolute Gasteiger partial charge is 0.254 e. The lowest BCUT2D eigenvalue weighted by atomic mass is 10.1. The molecule has 0 aliphatic carbocycles. The fourth-order valence-electron chi connectivity index (χ4n) is 2.07. The van der Waals surface area contributed by atoms with Crippen LogP contribution in [0.5, 0.6) is 0 Å². The van der Waals surface area contributed by atoms with Gasteiger partial charge < -0.3 is 15.2 Å². The molecule has 0 saturated heterocycles. The molecule has 2 rings (SSSR count). The number of likely N-dealkylation sites (N-methyl/N-ethyl adjacent to an activating group) is 1. The van der Waals surface area contributed by atoms with Gasteiger partial charge in [-0.15, -0.1) is 0 Å². The zero-order chi connectivity index (χ0) is 15.4. The number of nitrogens with one attached hydrogen (secondary N) is 2. The second kappa shape index (κ2) is 6.43. The SMILES string of the molecule is CC(C)CNC(=O)CN(C)C(=O)c1ccc2[nH]ccc2c1. The first kappa shape index (κ1) is 15.1. The first-order valence-corrected chi connectivity index (χ1v) is 7.06. The summed E-state index contributed by atoms with van der Waals surface area (Å²) in [7, 11) is 1.64. The molecule has 0 atom stereocenters. The topological polar surface area (TPSA) is 65.2 Å². The normalized spacial score (nSPS) is 10.9.